The van der Waals surface area contributed by atoms with Gasteiger partial charge in [-0.25, -0.2) is 14.4 Å². The van der Waals surface area contributed by atoms with E-state index in [0.29, 0.717) is 24.8 Å². The monoisotopic (exact) mass is 364 g/mol. The average molecular weight is 364 g/mol. The maximum Gasteiger partial charge on any atom is 0.191 e. The zero-order chi connectivity index (χ0) is 18.2. The summed E-state index contributed by atoms with van der Waals surface area (Å²) in [6, 6.07) is 6.15. The number of thiazole rings is 1. The molecule has 2 aromatic rings. The topological polar surface area (TPSA) is 58.5 Å². The second-order valence-electron chi connectivity index (χ2n) is 5.71. The summed E-state index contributed by atoms with van der Waals surface area (Å²) in [6.45, 7) is 9.87. The molecule has 25 heavy (non-hydrogen) atoms. The number of nitrogens with zero attached hydrogens (tertiary/aromatic N) is 2. The van der Waals surface area contributed by atoms with E-state index in [1.54, 1.807) is 23.5 Å². The number of ether oxygens (including phenoxy) is 1. The minimum Gasteiger partial charge on any atom is -0.489 e. The Bertz CT molecular complexity index is 697. The Hall–Kier alpha value is -2.15. The van der Waals surface area contributed by atoms with E-state index in [9.17, 15) is 4.39 Å². The summed E-state index contributed by atoms with van der Waals surface area (Å²) in [5.74, 6) is 0.925. The molecule has 0 aliphatic heterocycles. The molecule has 1 atom stereocenters. The number of guanidine groups is 1. The molecular weight excluding hydrogens is 339 g/mol. The van der Waals surface area contributed by atoms with Gasteiger partial charge in [-0.3, -0.25) is 0 Å². The van der Waals surface area contributed by atoms with Crippen LogP contribution in [0.5, 0.6) is 5.75 Å². The zero-order valence-corrected chi connectivity index (χ0v) is 15.9. The van der Waals surface area contributed by atoms with Crippen molar-refractivity contribution in [2.45, 2.75) is 40.3 Å². The lowest BCUT2D eigenvalue weighted by molar-refractivity contribution is 0.223. The number of nitrogens with one attached hydrogen (secondary N) is 2. The van der Waals surface area contributed by atoms with E-state index in [1.165, 1.54) is 17.0 Å². The highest BCUT2D eigenvalue weighted by atomic mass is 32.1. The van der Waals surface area contributed by atoms with Gasteiger partial charge >= 0.3 is 0 Å². The van der Waals surface area contributed by atoms with Crippen LogP contribution in [0, 0.1) is 19.7 Å². The van der Waals surface area contributed by atoms with Crippen molar-refractivity contribution in [2.24, 2.45) is 4.99 Å². The van der Waals surface area contributed by atoms with E-state index in [4.69, 9.17) is 4.74 Å². The Morgan fingerprint density at radius 1 is 1.36 bits per heavy atom. The molecule has 2 rings (SSSR count). The van der Waals surface area contributed by atoms with Gasteiger partial charge in [-0.05, 0) is 39.8 Å². The van der Waals surface area contributed by atoms with Gasteiger partial charge < -0.3 is 15.4 Å². The molecule has 1 heterocycles. The second kappa shape index (κ2) is 9.36. The quantitative estimate of drug-likeness (QED) is 0.584. The predicted octanol–water partition coefficient (Wildman–Crippen LogP) is 3.42. The lowest BCUT2D eigenvalue weighted by Crippen LogP contribution is -2.41. The highest BCUT2D eigenvalue weighted by Crippen LogP contribution is 2.17. The van der Waals surface area contributed by atoms with E-state index >= 15 is 0 Å². The van der Waals surface area contributed by atoms with Gasteiger partial charge in [-0.2, -0.15) is 0 Å². The summed E-state index contributed by atoms with van der Waals surface area (Å²) in [4.78, 5) is 10.3. The molecule has 0 spiro atoms. The maximum atomic E-state index is 13.2. The molecule has 0 amide bonds. The summed E-state index contributed by atoms with van der Waals surface area (Å²) in [5.41, 5.74) is 1.06. The van der Waals surface area contributed by atoms with Crippen LogP contribution in [0.1, 0.15) is 29.4 Å². The zero-order valence-electron chi connectivity index (χ0n) is 15.1. The Kier molecular flexibility index (Phi) is 7.18. The maximum absolute atomic E-state index is 13.2. The first-order chi connectivity index (χ1) is 12.0. The van der Waals surface area contributed by atoms with Gasteiger partial charge in [-0.1, -0.05) is 6.07 Å². The first-order valence-corrected chi connectivity index (χ1v) is 9.17. The van der Waals surface area contributed by atoms with Crippen molar-refractivity contribution in [1.82, 2.24) is 15.6 Å². The molecule has 0 aliphatic rings. The predicted molar refractivity (Wildman–Crippen MR) is 101 cm³/mol. The molecule has 5 nitrogen and oxygen atoms in total. The van der Waals surface area contributed by atoms with Crippen LogP contribution in [0.25, 0.3) is 0 Å². The third-order valence-corrected chi connectivity index (χ3v) is 4.54. The number of benzene rings is 1. The van der Waals surface area contributed by atoms with E-state index in [-0.39, 0.29) is 11.9 Å². The highest BCUT2D eigenvalue weighted by molar-refractivity contribution is 7.11. The highest BCUT2D eigenvalue weighted by Gasteiger charge is 2.07. The van der Waals surface area contributed by atoms with Crippen LogP contribution in [-0.2, 0) is 6.54 Å². The van der Waals surface area contributed by atoms with Crippen molar-refractivity contribution in [1.29, 1.82) is 0 Å². The minimum atomic E-state index is -0.304. The molecule has 0 radical (unpaired) electrons. The number of aryl methyl sites for hydroxylation is 2. The molecule has 136 valence electrons. The summed E-state index contributed by atoms with van der Waals surface area (Å²) < 4.78 is 18.9. The lowest BCUT2D eigenvalue weighted by atomic mass is 10.3. The van der Waals surface area contributed by atoms with Gasteiger partial charge in [0.2, 0.25) is 0 Å². The van der Waals surface area contributed by atoms with Crippen LogP contribution < -0.4 is 15.4 Å². The van der Waals surface area contributed by atoms with Crippen LogP contribution in [0.2, 0.25) is 0 Å². The number of aliphatic imine (C=N–C) groups is 1. The smallest absolute Gasteiger partial charge is 0.191 e. The Labute approximate surface area is 152 Å². The van der Waals surface area contributed by atoms with E-state index in [2.05, 4.69) is 27.5 Å². The number of rotatable bonds is 7. The minimum absolute atomic E-state index is 0.130. The van der Waals surface area contributed by atoms with Crippen LogP contribution in [0.4, 0.5) is 4.39 Å². The molecule has 0 saturated heterocycles. The van der Waals surface area contributed by atoms with E-state index in [1.807, 2.05) is 20.8 Å². The summed E-state index contributed by atoms with van der Waals surface area (Å²) in [5, 5.41) is 7.44. The Morgan fingerprint density at radius 3 is 2.80 bits per heavy atom. The van der Waals surface area contributed by atoms with Crippen LogP contribution in [0.15, 0.2) is 29.3 Å². The molecule has 1 aromatic heterocycles. The largest absolute Gasteiger partial charge is 0.489 e. The molecule has 2 N–H and O–H groups in total. The fourth-order valence-electron chi connectivity index (χ4n) is 2.15. The first kappa shape index (κ1) is 19.2. The summed E-state index contributed by atoms with van der Waals surface area (Å²) >= 11 is 1.67. The number of hydrogen-bond donors (Lipinski definition) is 2. The third-order valence-electron chi connectivity index (χ3n) is 3.48. The summed E-state index contributed by atoms with van der Waals surface area (Å²) in [7, 11) is 0. The summed E-state index contributed by atoms with van der Waals surface area (Å²) in [6.07, 6.45) is -0.130. The van der Waals surface area contributed by atoms with Crippen molar-refractivity contribution in [3.8, 4) is 5.75 Å². The van der Waals surface area contributed by atoms with Gasteiger partial charge in [0.25, 0.3) is 0 Å². The van der Waals surface area contributed by atoms with Crippen LogP contribution in [-0.4, -0.2) is 30.1 Å². The van der Waals surface area contributed by atoms with Gasteiger partial charge in [0.1, 0.15) is 22.7 Å². The first-order valence-electron chi connectivity index (χ1n) is 8.35. The van der Waals surface area contributed by atoms with Gasteiger partial charge in [-0.15, -0.1) is 11.3 Å². The van der Waals surface area contributed by atoms with Crippen molar-refractivity contribution in [3.63, 3.8) is 0 Å². The lowest BCUT2D eigenvalue weighted by Gasteiger charge is -2.17. The van der Waals surface area contributed by atoms with Crippen molar-refractivity contribution < 1.29 is 9.13 Å². The van der Waals surface area contributed by atoms with Crippen LogP contribution >= 0.6 is 11.3 Å². The molecule has 0 fully saturated rings. The Morgan fingerprint density at radius 2 is 2.16 bits per heavy atom. The van der Waals surface area contributed by atoms with E-state index < -0.39 is 0 Å². The molecule has 7 heteroatoms. The standard InChI is InChI=1S/C18H25FN4OS/c1-5-20-18(22-11-17-23-13(3)14(4)25-17)21-10-12(2)24-16-8-6-7-15(19)9-16/h6-9,12H,5,10-11H2,1-4H3,(H2,20,21,22). The third kappa shape index (κ3) is 6.34. The van der Waals surface area contributed by atoms with Crippen LogP contribution in [0.3, 0.4) is 0 Å². The SMILES string of the molecule is CCNC(=NCc1nc(C)c(C)s1)NCC(C)Oc1cccc(F)c1. The van der Waals surface area contributed by atoms with Gasteiger partial charge in [0.05, 0.1) is 18.8 Å². The number of aromatic nitrogens is 1. The van der Waals surface area contributed by atoms with Crippen molar-refractivity contribution >= 4 is 17.3 Å². The molecule has 1 aromatic carbocycles. The molecule has 0 bridgehead atoms. The second-order valence-corrected chi connectivity index (χ2v) is 7.00. The van der Waals surface area contributed by atoms with E-state index in [0.717, 1.165) is 17.2 Å². The normalized spacial score (nSPS) is 12.8. The molecular formula is C18H25FN4OS. The fraction of sp³-hybridized carbons (Fsp3) is 0.444. The average Bonchev–Trinajstić information content (AvgIpc) is 2.88. The van der Waals surface area contributed by atoms with Gasteiger partial charge in [0, 0.05) is 17.5 Å². The molecule has 0 saturated carbocycles. The molecule has 0 aliphatic carbocycles. The number of halogens is 1. The number of hydrogen-bond acceptors (Lipinski definition) is 4. The molecule has 1 unspecified atom stereocenters. The fourth-order valence-corrected chi connectivity index (χ4v) is 3.01. The van der Waals surface area contributed by atoms with Gasteiger partial charge in [0.15, 0.2) is 5.96 Å². The van der Waals surface area contributed by atoms with Crippen molar-refractivity contribution in [2.75, 3.05) is 13.1 Å². The Balaban J connectivity index is 1.88. The van der Waals surface area contributed by atoms with Crippen molar-refractivity contribution in [3.05, 3.63) is 45.7 Å².